The lowest BCUT2D eigenvalue weighted by atomic mass is 9.74. The predicted octanol–water partition coefficient (Wildman–Crippen LogP) is 4.30. The van der Waals surface area contributed by atoms with Gasteiger partial charge in [0.25, 0.3) is 5.78 Å². The van der Waals surface area contributed by atoms with E-state index >= 15 is 0 Å². The lowest BCUT2D eigenvalue weighted by molar-refractivity contribution is -0.124. The smallest absolute Gasteiger partial charge is 0.282 e. The molecule has 1 atom stereocenters. The molecule has 0 saturated carbocycles. The summed E-state index contributed by atoms with van der Waals surface area (Å²) in [6.45, 7) is 8.67. The van der Waals surface area contributed by atoms with Gasteiger partial charge < -0.3 is 0 Å². The number of hydrogen-bond acceptors (Lipinski definition) is 2. The van der Waals surface area contributed by atoms with Crippen molar-refractivity contribution < 1.29 is 14.0 Å². The molecule has 0 spiro atoms. The molecule has 1 unspecified atom stereocenters. The maximum Gasteiger partial charge on any atom is 0.372 e. The molecule has 3 heteroatoms. The first-order valence-electron chi connectivity index (χ1n) is 6.61. The summed E-state index contributed by atoms with van der Waals surface area (Å²) >= 11 is 0. The maximum absolute atomic E-state index is 12.4. The van der Waals surface area contributed by atoms with Crippen molar-refractivity contribution in [2.24, 2.45) is 5.41 Å². The molecule has 104 valence electrons. The second kappa shape index (κ2) is 6.09. The number of Topliss-reactive ketones (excluding diaryl/α,β-unsaturated/α-hetero) is 1. The second-order valence-electron chi connectivity index (χ2n) is 5.93. The third-order valence-electron chi connectivity index (χ3n) is 3.38. The van der Waals surface area contributed by atoms with E-state index in [4.69, 9.17) is 0 Å². The molecule has 2 nitrogen and oxygen atoms in total. The minimum absolute atomic E-state index is 0.111. The molecule has 0 fully saturated rings. The van der Waals surface area contributed by atoms with Crippen LogP contribution in [0.1, 0.15) is 62.4 Å². The Balaban J connectivity index is 3.02. The van der Waals surface area contributed by atoms with Gasteiger partial charge in [0, 0.05) is 5.56 Å². The number of carbonyl (C=O) groups is 2. The van der Waals surface area contributed by atoms with E-state index in [9.17, 15) is 14.0 Å². The van der Waals surface area contributed by atoms with Crippen molar-refractivity contribution in [3.05, 3.63) is 35.4 Å². The molecular formula is C16H21FO2. The van der Waals surface area contributed by atoms with Crippen molar-refractivity contribution in [1.29, 1.82) is 0 Å². The first-order chi connectivity index (χ1) is 8.77. The molecule has 1 aromatic rings. The van der Waals surface area contributed by atoms with Gasteiger partial charge in [-0.2, -0.15) is 4.39 Å². The summed E-state index contributed by atoms with van der Waals surface area (Å²) in [5.41, 5.74) is 1.36. The standard InChI is InChI=1S/C16H21FO2/c1-5-6-13(16(2,3)4)11-7-9-12(10-8-11)14(18)15(17)19/h7-10,13H,5-6H2,1-4H3. The largest absolute Gasteiger partial charge is 0.372 e. The Labute approximate surface area is 114 Å². The highest BCUT2D eigenvalue weighted by molar-refractivity contribution is 6.40. The number of carbonyl (C=O) groups excluding carboxylic acids is 2. The first kappa shape index (κ1) is 15.5. The summed E-state index contributed by atoms with van der Waals surface area (Å²) in [5, 5.41) is 0. The monoisotopic (exact) mass is 264 g/mol. The molecular weight excluding hydrogens is 243 g/mol. The second-order valence-corrected chi connectivity index (χ2v) is 5.93. The molecule has 0 heterocycles. The zero-order chi connectivity index (χ0) is 14.6. The Kier molecular flexibility index (Phi) is 4.98. The number of halogens is 1. The lowest BCUT2D eigenvalue weighted by Crippen LogP contribution is -2.18. The van der Waals surface area contributed by atoms with Crippen LogP contribution in [0.4, 0.5) is 4.39 Å². The molecule has 0 N–H and O–H groups in total. The van der Waals surface area contributed by atoms with Crippen LogP contribution in [0.3, 0.4) is 0 Å². The third-order valence-corrected chi connectivity index (χ3v) is 3.38. The molecule has 1 rings (SSSR count). The highest BCUT2D eigenvalue weighted by Crippen LogP contribution is 2.38. The SMILES string of the molecule is CCCC(c1ccc(C(=O)C(=O)F)cc1)C(C)(C)C. The van der Waals surface area contributed by atoms with Gasteiger partial charge in [-0.25, -0.2) is 0 Å². The fourth-order valence-corrected chi connectivity index (χ4v) is 2.37. The Bertz CT molecular complexity index is 455. The highest BCUT2D eigenvalue weighted by Gasteiger charge is 2.25. The summed E-state index contributed by atoms with van der Waals surface area (Å²) in [7, 11) is 0. The van der Waals surface area contributed by atoms with Crippen LogP contribution in [0, 0.1) is 5.41 Å². The topological polar surface area (TPSA) is 34.1 Å². The van der Waals surface area contributed by atoms with Crippen LogP contribution in [0.2, 0.25) is 0 Å². The number of rotatable bonds is 5. The fraction of sp³-hybridized carbons (Fsp3) is 0.500. The van der Waals surface area contributed by atoms with Gasteiger partial charge in [-0.05, 0) is 23.3 Å². The van der Waals surface area contributed by atoms with E-state index in [2.05, 4.69) is 27.7 Å². The Hall–Kier alpha value is -1.51. The summed E-state index contributed by atoms with van der Waals surface area (Å²) in [4.78, 5) is 21.6. The summed E-state index contributed by atoms with van der Waals surface area (Å²) in [6, 6.07) is 4.80. The summed E-state index contributed by atoms with van der Waals surface area (Å²) in [5.74, 6) is -0.697. The van der Waals surface area contributed by atoms with Crippen LogP contribution in [0.5, 0.6) is 0 Å². The van der Waals surface area contributed by atoms with Gasteiger partial charge in [-0.3, -0.25) is 9.59 Å². The third kappa shape index (κ3) is 3.98. The summed E-state index contributed by atoms with van der Waals surface area (Å²) < 4.78 is 12.4. The average Bonchev–Trinajstić information content (AvgIpc) is 2.34. The van der Waals surface area contributed by atoms with E-state index in [0.717, 1.165) is 18.4 Å². The molecule has 0 aliphatic rings. The van der Waals surface area contributed by atoms with Gasteiger partial charge in [0.15, 0.2) is 0 Å². The van der Waals surface area contributed by atoms with Crippen LogP contribution >= 0.6 is 0 Å². The van der Waals surface area contributed by atoms with Gasteiger partial charge in [0.05, 0.1) is 0 Å². The molecule has 19 heavy (non-hydrogen) atoms. The zero-order valence-electron chi connectivity index (χ0n) is 12.0. The first-order valence-corrected chi connectivity index (χ1v) is 6.61. The molecule has 0 saturated heterocycles. The van der Waals surface area contributed by atoms with Crippen molar-refractivity contribution >= 4 is 11.8 Å². The number of benzene rings is 1. The van der Waals surface area contributed by atoms with E-state index < -0.39 is 11.8 Å². The molecule has 1 aromatic carbocycles. The van der Waals surface area contributed by atoms with Gasteiger partial charge >= 0.3 is 6.04 Å². The zero-order valence-corrected chi connectivity index (χ0v) is 12.0. The van der Waals surface area contributed by atoms with Crippen molar-refractivity contribution in [2.75, 3.05) is 0 Å². The molecule has 0 bridgehead atoms. The highest BCUT2D eigenvalue weighted by atomic mass is 19.1. The molecule has 0 radical (unpaired) electrons. The normalized spacial score (nSPS) is 13.1. The van der Waals surface area contributed by atoms with E-state index in [1.54, 1.807) is 0 Å². The van der Waals surface area contributed by atoms with Crippen LogP contribution < -0.4 is 0 Å². The molecule has 0 aliphatic carbocycles. The maximum atomic E-state index is 12.4. The molecule has 0 aromatic heterocycles. The predicted molar refractivity (Wildman–Crippen MR) is 74.0 cm³/mol. The van der Waals surface area contributed by atoms with Crippen molar-refractivity contribution in [3.63, 3.8) is 0 Å². The van der Waals surface area contributed by atoms with Gasteiger partial charge in [-0.1, -0.05) is 58.4 Å². The Morgan fingerprint density at radius 1 is 1.16 bits per heavy atom. The Morgan fingerprint density at radius 2 is 1.68 bits per heavy atom. The van der Waals surface area contributed by atoms with Gasteiger partial charge in [-0.15, -0.1) is 0 Å². The van der Waals surface area contributed by atoms with E-state index in [0.29, 0.717) is 5.92 Å². The lowest BCUT2D eigenvalue weighted by Gasteiger charge is -2.31. The van der Waals surface area contributed by atoms with Crippen LogP contribution in [0.25, 0.3) is 0 Å². The van der Waals surface area contributed by atoms with Crippen molar-refractivity contribution in [3.8, 4) is 0 Å². The van der Waals surface area contributed by atoms with E-state index in [1.807, 2.05) is 12.1 Å². The minimum atomic E-state index is -1.91. The minimum Gasteiger partial charge on any atom is -0.282 e. The number of hydrogen-bond donors (Lipinski definition) is 0. The quantitative estimate of drug-likeness (QED) is 0.451. The van der Waals surface area contributed by atoms with Crippen LogP contribution in [-0.2, 0) is 4.79 Å². The van der Waals surface area contributed by atoms with E-state index in [1.165, 1.54) is 12.1 Å². The van der Waals surface area contributed by atoms with Gasteiger partial charge in [0.1, 0.15) is 0 Å². The van der Waals surface area contributed by atoms with E-state index in [-0.39, 0.29) is 11.0 Å². The molecule has 0 amide bonds. The fourth-order valence-electron chi connectivity index (χ4n) is 2.37. The average molecular weight is 264 g/mol. The summed E-state index contributed by atoms with van der Waals surface area (Å²) in [6.07, 6.45) is 2.13. The van der Waals surface area contributed by atoms with Crippen molar-refractivity contribution in [1.82, 2.24) is 0 Å². The van der Waals surface area contributed by atoms with Crippen molar-refractivity contribution in [2.45, 2.75) is 46.5 Å². The van der Waals surface area contributed by atoms with Crippen LogP contribution in [-0.4, -0.2) is 11.8 Å². The Morgan fingerprint density at radius 3 is 2.05 bits per heavy atom. The molecule has 0 aliphatic heterocycles. The number of ketones is 1. The van der Waals surface area contributed by atoms with Crippen LogP contribution in [0.15, 0.2) is 24.3 Å². The van der Waals surface area contributed by atoms with Gasteiger partial charge in [0.2, 0.25) is 0 Å².